The second kappa shape index (κ2) is 4.67. The van der Waals surface area contributed by atoms with Crippen LogP contribution in [-0.4, -0.2) is 35.0 Å². The van der Waals surface area contributed by atoms with Crippen molar-refractivity contribution in [1.82, 2.24) is 4.90 Å². The average molecular weight is 283 g/mol. The lowest BCUT2D eigenvalue weighted by Gasteiger charge is -2.33. The van der Waals surface area contributed by atoms with E-state index in [1.165, 1.54) is 4.90 Å². The molecule has 108 valence electrons. The maximum atomic E-state index is 12.6. The number of carbonyl (C=O) groups is 2. The van der Waals surface area contributed by atoms with Crippen LogP contribution in [0.5, 0.6) is 0 Å². The third kappa shape index (κ3) is 2.12. The van der Waals surface area contributed by atoms with E-state index in [0.717, 1.165) is 10.8 Å². The van der Waals surface area contributed by atoms with Crippen molar-refractivity contribution in [2.75, 3.05) is 13.2 Å². The minimum atomic E-state index is -0.522. The van der Waals surface area contributed by atoms with E-state index >= 15 is 0 Å². The van der Waals surface area contributed by atoms with E-state index in [1.807, 2.05) is 38.1 Å². The highest BCUT2D eigenvalue weighted by molar-refractivity contribution is 6.25. The number of amides is 2. The molecule has 1 aliphatic rings. The van der Waals surface area contributed by atoms with E-state index in [4.69, 9.17) is 0 Å². The number of hydrogen-bond donors (Lipinski definition) is 1. The van der Waals surface area contributed by atoms with Gasteiger partial charge in [0, 0.05) is 35.1 Å². The van der Waals surface area contributed by atoms with Crippen LogP contribution < -0.4 is 0 Å². The molecule has 0 radical (unpaired) electrons. The molecule has 0 aromatic heterocycles. The summed E-state index contributed by atoms with van der Waals surface area (Å²) < 4.78 is 0. The molecule has 0 aliphatic carbocycles. The number of rotatable bonds is 3. The first-order chi connectivity index (χ1) is 9.94. The van der Waals surface area contributed by atoms with Gasteiger partial charge in [-0.1, -0.05) is 38.1 Å². The Labute approximate surface area is 123 Å². The second-order valence-corrected chi connectivity index (χ2v) is 6.23. The Balaban J connectivity index is 2.15. The number of hydrogen-bond acceptors (Lipinski definition) is 3. The molecule has 4 nitrogen and oxygen atoms in total. The quantitative estimate of drug-likeness (QED) is 0.880. The Morgan fingerprint density at radius 1 is 1.00 bits per heavy atom. The van der Waals surface area contributed by atoms with E-state index in [1.54, 1.807) is 12.1 Å². The Morgan fingerprint density at radius 2 is 1.52 bits per heavy atom. The Kier molecular flexibility index (Phi) is 3.06. The molecule has 1 N–H and O–H groups in total. The summed E-state index contributed by atoms with van der Waals surface area (Å²) in [5, 5.41) is 11.0. The van der Waals surface area contributed by atoms with Gasteiger partial charge in [0.1, 0.15) is 0 Å². The Hall–Kier alpha value is -2.20. The molecule has 2 aromatic carbocycles. The largest absolute Gasteiger partial charge is 0.396 e. The summed E-state index contributed by atoms with van der Waals surface area (Å²) >= 11 is 0. The highest BCUT2D eigenvalue weighted by atomic mass is 16.3. The predicted molar refractivity (Wildman–Crippen MR) is 80.2 cm³/mol. The first-order valence-electron chi connectivity index (χ1n) is 6.93. The number of aliphatic hydroxyl groups excluding tert-OH is 1. The van der Waals surface area contributed by atoms with Crippen LogP contribution in [0.4, 0.5) is 0 Å². The highest BCUT2D eigenvalue weighted by Gasteiger charge is 2.35. The zero-order valence-corrected chi connectivity index (χ0v) is 12.1. The molecule has 0 atom stereocenters. The van der Waals surface area contributed by atoms with Crippen LogP contribution in [0.25, 0.3) is 10.8 Å². The molecule has 2 amide bonds. The molecule has 0 fully saturated rings. The van der Waals surface area contributed by atoms with Crippen molar-refractivity contribution < 1.29 is 14.7 Å². The standard InChI is InChI=1S/C17H17NO3/c1-17(2,10-19)9-18-15(20)12-7-3-5-11-6-4-8-13(14(11)12)16(18)21/h3-8,19H,9-10H2,1-2H3. The maximum Gasteiger partial charge on any atom is 0.261 e. The first-order valence-corrected chi connectivity index (χ1v) is 6.93. The SMILES string of the molecule is CC(C)(CO)CN1C(=O)c2cccc3cccc(c23)C1=O. The van der Waals surface area contributed by atoms with Gasteiger partial charge < -0.3 is 5.11 Å². The number of benzene rings is 2. The molecule has 4 heteroatoms. The van der Waals surface area contributed by atoms with Gasteiger partial charge >= 0.3 is 0 Å². The van der Waals surface area contributed by atoms with Gasteiger partial charge in [0.25, 0.3) is 11.8 Å². The molecule has 0 saturated heterocycles. The lowest BCUT2D eigenvalue weighted by atomic mass is 9.90. The highest BCUT2D eigenvalue weighted by Crippen LogP contribution is 2.31. The third-order valence-corrected chi connectivity index (χ3v) is 3.87. The smallest absolute Gasteiger partial charge is 0.261 e. The fourth-order valence-electron chi connectivity index (χ4n) is 2.70. The molecule has 1 aliphatic heterocycles. The zero-order valence-electron chi connectivity index (χ0n) is 12.1. The van der Waals surface area contributed by atoms with Crippen LogP contribution in [0.2, 0.25) is 0 Å². The van der Waals surface area contributed by atoms with E-state index in [0.29, 0.717) is 11.1 Å². The Bertz CT molecular complexity index is 698. The number of carbonyl (C=O) groups excluding carboxylic acids is 2. The third-order valence-electron chi connectivity index (χ3n) is 3.87. The summed E-state index contributed by atoms with van der Waals surface area (Å²) in [7, 11) is 0. The fourth-order valence-corrected chi connectivity index (χ4v) is 2.70. The molecule has 1 heterocycles. The van der Waals surface area contributed by atoms with E-state index in [-0.39, 0.29) is 25.0 Å². The molecule has 0 unspecified atom stereocenters. The normalized spacial score (nSPS) is 14.9. The lowest BCUT2D eigenvalue weighted by molar-refractivity contribution is 0.0487. The molecule has 2 aromatic rings. The molecular formula is C17H17NO3. The van der Waals surface area contributed by atoms with Crippen LogP contribution in [0.1, 0.15) is 34.6 Å². The van der Waals surface area contributed by atoms with Crippen molar-refractivity contribution in [1.29, 1.82) is 0 Å². The zero-order chi connectivity index (χ0) is 15.2. The van der Waals surface area contributed by atoms with Gasteiger partial charge in [0.05, 0.1) is 0 Å². The van der Waals surface area contributed by atoms with Crippen LogP contribution >= 0.6 is 0 Å². The van der Waals surface area contributed by atoms with Gasteiger partial charge in [-0.15, -0.1) is 0 Å². The summed E-state index contributed by atoms with van der Waals surface area (Å²) in [5.41, 5.74) is 0.582. The van der Waals surface area contributed by atoms with Crippen molar-refractivity contribution in [3.63, 3.8) is 0 Å². The van der Waals surface area contributed by atoms with Crippen LogP contribution in [0.15, 0.2) is 36.4 Å². The van der Waals surface area contributed by atoms with E-state index < -0.39 is 5.41 Å². The van der Waals surface area contributed by atoms with Gasteiger partial charge in [-0.25, -0.2) is 0 Å². The van der Waals surface area contributed by atoms with Crippen molar-refractivity contribution in [3.05, 3.63) is 47.5 Å². The van der Waals surface area contributed by atoms with Crippen LogP contribution in [0, 0.1) is 5.41 Å². The van der Waals surface area contributed by atoms with E-state index in [9.17, 15) is 14.7 Å². The Morgan fingerprint density at radius 3 is 2.00 bits per heavy atom. The predicted octanol–water partition coefficient (Wildman–Crippen LogP) is 2.45. The van der Waals surface area contributed by atoms with Crippen LogP contribution in [0.3, 0.4) is 0 Å². The molecule has 21 heavy (non-hydrogen) atoms. The first kappa shape index (κ1) is 13.8. The topological polar surface area (TPSA) is 57.6 Å². The van der Waals surface area contributed by atoms with Crippen molar-refractivity contribution in [2.45, 2.75) is 13.8 Å². The average Bonchev–Trinajstić information content (AvgIpc) is 2.49. The second-order valence-electron chi connectivity index (χ2n) is 6.23. The molecule has 0 saturated carbocycles. The van der Waals surface area contributed by atoms with Gasteiger partial charge in [0.2, 0.25) is 0 Å². The summed E-state index contributed by atoms with van der Waals surface area (Å²) in [4.78, 5) is 26.5. The lowest BCUT2D eigenvalue weighted by Crippen LogP contribution is -2.46. The monoisotopic (exact) mass is 283 g/mol. The maximum absolute atomic E-state index is 12.6. The van der Waals surface area contributed by atoms with Gasteiger partial charge in [0.15, 0.2) is 0 Å². The van der Waals surface area contributed by atoms with Gasteiger partial charge in [-0.05, 0) is 17.5 Å². The van der Waals surface area contributed by atoms with Crippen molar-refractivity contribution in [2.24, 2.45) is 5.41 Å². The summed E-state index contributed by atoms with van der Waals surface area (Å²) in [6.45, 7) is 3.77. The number of imide groups is 1. The van der Waals surface area contributed by atoms with Crippen molar-refractivity contribution >= 4 is 22.6 Å². The fraction of sp³-hybridized carbons (Fsp3) is 0.294. The van der Waals surface area contributed by atoms with E-state index in [2.05, 4.69) is 0 Å². The van der Waals surface area contributed by atoms with Crippen molar-refractivity contribution in [3.8, 4) is 0 Å². The minimum absolute atomic E-state index is 0.0874. The van der Waals surface area contributed by atoms with Crippen LogP contribution in [-0.2, 0) is 0 Å². The number of nitrogens with zero attached hydrogens (tertiary/aromatic N) is 1. The number of aliphatic hydroxyl groups is 1. The summed E-state index contributed by atoms with van der Waals surface area (Å²) in [6.07, 6.45) is 0. The van der Waals surface area contributed by atoms with Gasteiger partial charge in [-0.3, -0.25) is 14.5 Å². The minimum Gasteiger partial charge on any atom is -0.396 e. The summed E-state index contributed by atoms with van der Waals surface area (Å²) in [6, 6.07) is 10.9. The molecular weight excluding hydrogens is 266 g/mol. The molecule has 0 spiro atoms. The molecule has 3 rings (SSSR count). The molecule has 0 bridgehead atoms. The summed E-state index contributed by atoms with van der Waals surface area (Å²) in [5.74, 6) is -0.573. The van der Waals surface area contributed by atoms with Gasteiger partial charge in [-0.2, -0.15) is 0 Å².